The number of nitro benzene ring substituents is 2. The lowest BCUT2D eigenvalue weighted by Crippen LogP contribution is -2.02. The number of nitrogen functional groups attached to an aromatic ring is 2. The molecule has 0 aromatic heterocycles. The highest BCUT2D eigenvalue weighted by atomic mass is 16.6. The maximum atomic E-state index is 10.4. The van der Waals surface area contributed by atoms with Crippen LogP contribution in [0.1, 0.15) is 0 Å². The average Bonchev–Trinajstić information content (AvgIpc) is 2.01. The van der Waals surface area contributed by atoms with Gasteiger partial charge in [0.05, 0.1) is 9.85 Å². The molecule has 8 heteroatoms. The predicted octanol–water partition coefficient (Wildman–Crippen LogP) is 0.667. The number of non-ortho nitro benzene ring substituents is 1. The summed E-state index contributed by atoms with van der Waals surface area (Å²) >= 11 is 0. The second kappa shape index (κ2) is 3.17. The number of hydrogen-bond donors (Lipinski definition) is 2. The van der Waals surface area contributed by atoms with E-state index in [1.165, 1.54) is 0 Å². The lowest BCUT2D eigenvalue weighted by Gasteiger charge is -2.00. The zero-order valence-electron chi connectivity index (χ0n) is 6.84. The Morgan fingerprint density at radius 3 is 1.71 bits per heavy atom. The first kappa shape index (κ1) is 9.71. The normalized spacial score (nSPS) is 9.71. The van der Waals surface area contributed by atoms with Gasteiger partial charge in [0.1, 0.15) is 11.4 Å². The Bertz CT molecular complexity index is 393. The molecule has 0 fully saturated rings. The van der Waals surface area contributed by atoms with E-state index in [9.17, 15) is 20.2 Å². The molecule has 0 aliphatic carbocycles. The van der Waals surface area contributed by atoms with Crippen LogP contribution in [0, 0.1) is 20.2 Å². The molecule has 0 aliphatic rings. The van der Waals surface area contributed by atoms with Crippen LogP contribution >= 0.6 is 0 Å². The van der Waals surface area contributed by atoms with Crippen LogP contribution in [-0.2, 0) is 0 Å². The third-order valence-corrected chi connectivity index (χ3v) is 1.55. The Hall–Kier alpha value is -2.38. The molecule has 0 radical (unpaired) electrons. The van der Waals surface area contributed by atoms with Gasteiger partial charge < -0.3 is 11.5 Å². The molecule has 0 spiro atoms. The van der Waals surface area contributed by atoms with E-state index in [1.54, 1.807) is 0 Å². The van der Waals surface area contributed by atoms with Gasteiger partial charge in [0.2, 0.25) is 0 Å². The first-order valence-electron chi connectivity index (χ1n) is 3.41. The monoisotopic (exact) mass is 198 g/mol. The van der Waals surface area contributed by atoms with Crippen molar-refractivity contribution in [2.45, 2.75) is 0 Å². The van der Waals surface area contributed by atoms with Gasteiger partial charge in [-0.3, -0.25) is 20.2 Å². The van der Waals surface area contributed by atoms with Crippen LogP contribution < -0.4 is 11.5 Å². The number of hydrogen-bond acceptors (Lipinski definition) is 6. The van der Waals surface area contributed by atoms with Crippen LogP contribution in [0.25, 0.3) is 0 Å². The molecule has 0 bridgehead atoms. The molecule has 1 aromatic rings. The van der Waals surface area contributed by atoms with Gasteiger partial charge >= 0.3 is 5.69 Å². The Balaban J connectivity index is 3.39. The predicted molar refractivity (Wildman–Crippen MR) is 48.6 cm³/mol. The van der Waals surface area contributed by atoms with Crippen molar-refractivity contribution in [2.24, 2.45) is 0 Å². The molecular formula is C6H6N4O4. The minimum absolute atomic E-state index is 0.318. The van der Waals surface area contributed by atoms with Crippen molar-refractivity contribution >= 4 is 22.7 Å². The van der Waals surface area contributed by atoms with Crippen LogP contribution in [0.5, 0.6) is 0 Å². The number of rotatable bonds is 2. The van der Waals surface area contributed by atoms with Crippen molar-refractivity contribution < 1.29 is 9.85 Å². The number of anilines is 2. The lowest BCUT2D eigenvalue weighted by molar-refractivity contribution is -0.387. The van der Waals surface area contributed by atoms with Crippen LogP contribution in [0.3, 0.4) is 0 Å². The van der Waals surface area contributed by atoms with Crippen LogP contribution in [0.15, 0.2) is 12.1 Å². The molecule has 1 rings (SSSR count). The van der Waals surface area contributed by atoms with Gasteiger partial charge in [-0.25, -0.2) is 0 Å². The summed E-state index contributed by atoms with van der Waals surface area (Å²) < 4.78 is 0. The first-order chi connectivity index (χ1) is 6.43. The van der Waals surface area contributed by atoms with Crippen molar-refractivity contribution in [1.82, 2.24) is 0 Å². The summed E-state index contributed by atoms with van der Waals surface area (Å²) in [6.07, 6.45) is 0. The van der Waals surface area contributed by atoms with Gasteiger partial charge in [0.15, 0.2) is 0 Å². The molecule has 0 unspecified atom stereocenters. The third kappa shape index (κ3) is 1.53. The van der Waals surface area contributed by atoms with Gasteiger partial charge in [-0.15, -0.1) is 0 Å². The largest absolute Gasteiger partial charge is 0.393 e. The fourth-order valence-electron chi connectivity index (χ4n) is 0.980. The van der Waals surface area contributed by atoms with Crippen molar-refractivity contribution in [3.05, 3.63) is 32.4 Å². The number of benzene rings is 1. The zero-order chi connectivity index (χ0) is 10.9. The molecule has 0 heterocycles. The summed E-state index contributed by atoms with van der Waals surface area (Å²) in [5.41, 5.74) is 8.96. The van der Waals surface area contributed by atoms with Crippen molar-refractivity contribution in [3.63, 3.8) is 0 Å². The number of nitro groups is 2. The quantitative estimate of drug-likeness (QED) is 0.406. The highest BCUT2D eigenvalue weighted by molar-refractivity contribution is 5.76. The van der Waals surface area contributed by atoms with E-state index >= 15 is 0 Å². The Morgan fingerprint density at radius 2 is 1.43 bits per heavy atom. The average molecular weight is 198 g/mol. The summed E-state index contributed by atoms with van der Waals surface area (Å²) in [4.78, 5) is 19.2. The Kier molecular flexibility index (Phi) is 2.19. The van der Waals surface area contributed by atoms with E-state index in [0.29, 0.717) is 0 Å². The minimum Gasteiger partial charge on any atom is -0.393 e. The van der Waals surface area contributed by atoms with Gasteiger partial charge in [-0.1, -0.05) is 0 Å². The van der Waals surface area contributed by atoms with E-state index in [-0.39, 0.29) is 17.1 Å². The second-order valence-corrected chi connectivity index (χ2v) is 2.49. The van der Waals surface area contributed by atoms with Crippen LogP contribution in [0.2, 0.25) is 0 Å². The van der Waals surface area contributed by atoms with Gasteiger partial charge in [-0.05, 0) is 0 Å². The molecule has 74 valence electrons. The molecule has 0 atom stereocenters. The zero-order valence-corrected chi connectivity index (χ0v) is 6.84. The maximum absolute atomic E-state index is 10.4. The fraction of sp³-hybridized carbons (Fsp3) is 0. The van der Waals surface area contributed by atoms with E-state index < -0.39 is 15.5 Å². The van der Waals surface area contributed by atoms with Gasteiger partial charge in [0, 0.05) is 12.1 Å². The van der Waals surface area contributed by atoms with Gasteiger partial charge in [0.25, 0.3) is 5.69 Å². The van der Waals surface area contributed by atoms with Crippen LogP contribution in [0.4, 0.5) is 22.7 Å². The summed E-state index contributed by atoms with van der Waals surface area (Å²) in [7, 11) is 0. The highest BCUT2D eigenvalue weighted by Crippen LogP contribution is 2.32. The fourth-order valence-corrected chi connectivity index (χ4v) is 0.980. The molecule has 14 heavy (non-hydrogen) atoms. The maximum Gasteiger partial charge on any atom is 0.315 e. The van der Waals surface area contributed by atoms with E-state index in [2.05, 4.69) is 0 Å². The van der Waals surface area contributed by atoms with Crippen molar-refractivity contribution in [2.75, 3.05) is 11.5 Å². The molecule has 8 nitrogen and oxygen atoms in total. The standard InChI is InChI=1S/C6H6N4O4/c7-4-1-3(9(11)12)2-5(8)6(4)10(13)14/h1-2H,7-8H2. The van der Waals surface area contributed by atoms with Gasteiger partial charge in [-0.2, -0.15) is 0 Å². The molecule has 0 aliphatic heterocycles. The smallest absolute Gasteiger partial charge is 0.315 e. The lowest BCUT2D eigenvalue weighted by atomic mass is 10.2. The van der Waals surface area contributed by atoms with E-state index in [1.807, 2.05) is 0 Å². The van der Waals surface area contributed by atoms with E-state index in [4.69, 9.17) is 11.5 Å². The molecule has 0 amide bonds. The van der Waals surface area contributed by atoms with Crippen molar-refractivity contribution in [3.8, 4) is 0 Å². The highest BCUT2D eigenvalue weighted by Gasteiger charge is 2.21. The topological polar surface area (TPSA) is 138 Å². The molecule has 0 saturated carbocycles. The number of nitrogens with zero attached hydrogens (tertiary/aromatic N) is 2. The van der Waals surface area contributed by atoms with E-state index in [0.717, 1.165) is 12.1 Å². The molecule has 4 N–H and O–H groups in total. The summed E-state index contributed by atoms with van der Waals surface area (Å²) in [6.45, 7) is 0. The molecular weight excluding hydrogens is 192 g/mol. The van der Waals surface area contributed by atoms with Crippen molar-refractivity contribution in [1.29, 1.82) is 0 Å². The third-order valence-electron chi connectivity index (χ3n) is 1.55. The number of nitrogens with two attached hydrogens (primary N) is 2. The Morgan fingerprint density at radius 1 is 1.00 bits per heavy atom. The summed E-state index contributed by atoms with van der Waals surface area (Å²) in [5.74, 6) is 0. The summed E-state index contributed by atoms with van der Waals surface area (Å²) in [6, 6.07) is 1.79. The second-order valence-electron chi connectivity index (χ2n) is 2.49. The minimum atomic E-state index is -0.783. The molecule has 0 saturated heterocycles. The van der Waals surface area contributed by atoms with Crippen LogP contribution in [-0.4, -0.2) is 9.85 Å². The SMILES string of the molecule is Nc1cc([N+](=O)[O-])cc(N)c1[N+](=O)[O-]. The molecule has 1 aromatic carbocycles. The first-order valence-corrected chi connectivity index (χ1v) is 3.41. The summed E-state index contributed by atoms with van der Waals surface area (Å²) in [5, 5.41) is 20.7. The Labute approximate surface area is 77.4 Å².